The van der Waals surface area contributed by atoms with Gasteiger partial charge in [-0.1, -0.05) is 0 Å². The summed E-state index contributed by atoms with van der Waals surface area (Å²) >= 11 is 1.92. The Bertz CT molecular complexity index is 503. The Balaban J connectivity index is 1.87. The zero-order valence-corrected chi connectivity index (χ0v) is 11.1. The Morgan fingerprint density at radius 2 is 1.95 bits per heavy atom. The maximum absolute atomic E-state index is 11.1. The van der Waals surface area contributed by atoms with E-state index in [0.717, 1.165) is 24.3 Å². The maximum atomic E-state index is 11.1. The summed E-state index contributed by atoms with van der Waals surface area (Å²) in [6, 6.07) is 3.39. The number of hydrogen-bond donors (Lipinski definition) is 1. The first-order valence-electron chi connectivity index (χ1n) is 6.16. The molecule has 0 aliphatic carbocycles. The number of fused-ring (bicyclic) bond motifs is 1. The van der Waals surface area contributed by atoms with E-state index in [-0.39, 0.29) is 17.4 Å². The summed E-state index contributed by atoms with van der Waals surface area (Å²) in [7, 11) is 0. The van der Waals surface area contributed by atoms with Crippen LogP contribution >= 0.6 is 11.8 Å². The van der Waals surface area contributed by atoms with Crippen molar-refractivity contribution in [1.82, 2.24) is 0 Å². The van der Waals surface area contributed by atoms with Gasteiger partial charge in [0, 0.05) is 12.1 Å². The van der Waals surface area contributed by atoms with Crippen molar-refractivity contribution in [2.24, 2.45) is 0 Å². The molecule has 1 fully saturated rings. The third kappa shape index (κ3) is 2.56. The number of anilines is 1. The molecule has 1 saturated heterocycles. The highest BCUT2D eigenvalue weighted by atomic mass is 32.2. The van der Waals surface area contributed by atoms with Gasteiger partial charge in [0.1, 0.15) is 5.69 Å². The molecule has 0 amide bonds. The number of thioether (sulfide) groups is 1. The molecule has 6 nitrogen and oxygen atoms in total. The van der Waals surface area contributed by atoms with Crippen LogP contribution in [0.1, 0.15) is 12.8 Å². The number of hydrogen-bond acceptors (Lipinski definition) is 6. The number of ether oxygens (including phenoxy) is 2. The van der Waals surface area contributed by atoms with Crippen LogP contribution in [0.15, 0.2) is 12.1 Å². The van der Waals surface area contributed by atoms with E-state index in [4.69, 9.17) is 9.47 Å². The molecule has 1 aromatic carbocycles. The van der Waals surface area contributed by atoms with E-state index in [1.54, 1.807) is 6.07 Å². The van der Waals surface area contributed by atoms with Crippen LogP contribution in [0.3, 0.4) is 0 Å². The summed E-state index contributed by atoms with van der Waals surface area (Å²) in [5, 5.41) is 14.4. The number of nitro benzene ring substituents is 1. The van der Waals surface area contributed by atoms with Crippen LogP contribution in [0.2, 0.25) is 0 Å². The van der Waals surface area contributed by atoms with Gasteiger partial charge in [-0.3, -0.25) is 10.1 Å². The van der Waals surface area contributed by atoms with Crippen molar-refractivity contribution in [1.29, 1.82) is 0 Å². The van der Waals surface area contributed by atoms with E-state index < -0.39 is 0 Å². The predicted octanol–water partition coefficient (Wildman–Crippen LogP) is 2.63. The molecular weight excluding hydrogens is 268 g/mol. The van der Waals surface area contributed by atoms with Gasteiger partial charge in [-0.25, -0.2) is 0 Å². The average molecular weight is 282 g/mol. The highest BCUT2D eigenvalue weighted by Gasteiger charge is 2.25. The van der Waals surface area contributed by atoms with E-state index in [1.807, 2.05) is 11.8 Å². The van der Waals surface area contributed by atoms with E-state index in [0.29, 0.717) is 23.2 Å². The third-order valence-electron chi connectivity index (χ3n) is 3.27. The third-order valence-corrected chi connectivity index (χ3v) is 4.32. The lowest BCUT2D eigenvalue weighted by Gasteiger charge is -2.23. The highest BCUT2D eigenvalue weighted by molar-refractivity contribution is 7.99. The molecule has 0 bridgehead atoms. The van der Waals surface area contributed by atoms with E-state index in [1.165, 1.54) is 6.07 Å². The molecular formula is C12H14N2O4S. The van der Waals surface area contributed by atoms with E-state index in [9.17, 15) is 10.1 Å². The smallest absolute Gasteiger partial charge is 0.296 e. The first-order valence-corrected chi connectivity index (χ1v) is 7.32. The molecule has 1 aromatic rings. The topological polar surface area (TPSA) is 73.6 Å². The van der Waals surface area contributed by atoms with Crippen molar-refractivity contribution in [3.05, 3.63) is 22.2 Å². The minimum absolute atomic E-state index is 0.0440. The lowest BCUT2D eigenvalue weighted by molar-refractivity contribution is -0.384. The molecule has 2 heterocycles. The van der Waals surface area contributed by atoms with Crippen molar-refractivity contribution in [3.63, 3.8) is 0 Å². The zero-order chi connectivity index (χ0) is 13.2. The zero-order valence-electron chi connectivity index (χ0n) is 10.3. The van der Waals surface area contributed by atoms with Crippen molar-refractivity contribution in [2.45, 2.75) is 18.9 Å². The molecule has 0 atom stereocenters. The normalized spacial score (nSPS) is 18.3. The second-order valence-electron chi connectivity index (χ2n) is 4.51. The molecule has 102 valence electrons. The van der Waals surface area contributed by atoms with Gasteiger partial charge in [0.25, 0.3) is 5.69 Å². The summed E-state index contributed by atoms with van der Waals surface area (Å²) in [5.74, 6) is 3.20. The Morgan fingerprint density at radius 1 is 1.26 bits per heavy atom. The van der Waals surface area contributed by atoms with Crippen molar-refractivity contribution in [3.8, 4) is 11.5 Å². The predicted molar refractivity (Wildman–Crippen MR) is 73.2 cm³/mol. The standard InChI is InChI=1S/C12H14N2O4S/c15-14(16)10-6-12-11(17-7-18-12)5-9(10)13-8-1-3-19-4-2-8/h5-6,8,13H,1-4,7H2. The molecule has 7 heteroatoms. The molecule has 0 spiro atoms. The van der Waals surface area contributed by atoms with Gasteiger partial charge in [0.15, 0.2) is 11.5 Å². The molecule has 1 N–H and O–H groups in total. The van der Waals surface area contributed by atoms with Crippen molar-refractivity contribution >= 4 is 23.1 Å². The molecule has 0 saturated carbocycles. The summed E-state index contributed by atoms with van der Waals surface area (Å²) in [6.07, 6.45) is 2.05. The second-order valence-corrected chi connectivity index (χ2v) is 5.74. The second kappa shape index (κ2) is 5.16. The first kappa shape index (κ1) is 12.4. The van der Waals surface area contributed by atoms with Crippen LogP contribution in [0.25, 0.3) is 0 Å². The number of rotatable bonds is 3. The fourth-order valence-electron chi connectivity index (χ4n) is 2.26. The average Bonchev–Trinajstić information content (AvgIpc) is 2.86. The molecule has 2 aliphatic rings. The Hall–Kier alpha value is -1.63. The van der Waals surface area contributed by atoms with Crippen molar-refractivity contribution in [2.75, 3.05) is 23.6 Å². The van der Waals surface area contributed by atoms with Gasteiger partial charge in [-0.2, -0.15) is 11.8 Å². The number of nitrogens with one attached hydrogen (secondary N) is 1. The SMILES string of the molecule is O=[N+]([O-])c1cc2c(cc1NC1CCSCC1)OCO2. The van der Waals surface area contributed by atoms with Crippen LogP contribution in [-0.4, -0.2) is 29.3 Å². The summed E-state index contributed by atoms with van der Waals surface area (Å²) in [4.78, 5) is 10.7. The lowest BCUT2D eigenvalue weighted by Crippen LogP contribution is -2.24. The number of nitrogens with zero attached hydrogens (tertiary/aromatic N) is 1. The van der Waals surface area contributed by atoms with Gasteiger partial charge in [0.05, 0.1) is 11.0 Å². The Kier molecular flexibility index (Phi) is 3.37. The fourth-order valence-corrected chi connectivity index (χ4v) is 3.37. The molecule has 0 radical (unpaired) electrons. The largest absolute Gasteiger partial charge is 0.454 e. The summed E-state index contributed by atoms with van der Waals surface area (Å²) in [5.41, 5.74) is 0.564. The van der Waals surface area contributed by atoms with Crippen LogP contribution in [-0.2, 0) is 0 Å². The van der Waals surface area contributed by atoms with Gasteiger partial charge >= 0.3 is 0 Å². The first-order chi connectivity index (χ1) is 9.24. The van der Waals surface area contributed by atoms with E-state index >= 15 is 0 Å². The van der Waals surface area contributed by atoms with E-state index in [2.05, 4.69) is 5.32 Å². The van der Waals surface area contributed by atoms with Gasteiger partial charge in [0.2, 0.25) is 6.79 Å². The maximum Gasteiger partial charge on any atom is 0.296 e. The number of nitro groups is 1. The van der Waals surface area contributed by atoms with Crippen LogP contribution < -0.4 is 14.8 Å². The quantitative estimate of drug-likeness (QED) is 0.678. The molecule has 2 aliphatic heterocycles. The molecule has 3 rings (SSSR count). The van der Waals surface area contributed by atoms with Crippen molar-refractivity contribution < 1.29 is 14.4 Å². The molecule has 0 unspecified atom stereocenters. The summed E-state index contributed by atoms with van der Waals surface area (Å²) in [6.45, 7) is 0.121. The Labute approximate surface area is 114 Å². The highest BCUT2D eigenvalue weighted by Crippen LogP contribution is 2.41. The minimum Gasteiger partial charge on any atom is -0.454 e. The lowest BCUT2D eigenvalue weighted by atomic mass is 10.1. The number of benzene rings is 1. The van der Waals surface area contributed by atoms with Gasteiger partial charge in [-0.05, 0) is 24.3 Å². The van der Waals surface area contributed by atoms with Gasteiger partial charge < -0.3 is 14.8 Å². The molecule has 19 heavy (non-hydrogen) atoms. The van der Waals surface area contributed by atoms with Crippen LogP contribution in [0.4, 0.5) is 11.4 Å². The summed E-state index contributed by atoms with van der Waals surface area (Å²) < 4.78 is 10.5. The monoisotopic (exact) mass is 282 g/mol. The van der Waals surface area contributed by atoms with Crippen LogP contribution in [0, 0.1) is 10.1 Å². The Morgan fingerprint density at radius 3 is 2.63 bits per heavy atom. The van der Waals surface area contributed by atoms with Gasteiger partial charge in [-0.15, -0.1) is 0 Å². The molecule has 0 aromatic heterocycles. The van der Waals surface area contributed by atoms with Crippen LogP contribution in [0.5, 0.6) is 11.5 Å². The fraction of sp³-hybridized carbons (Fsp3) is 0.500. The minimum atomic E-state index is -0.387.